The summed E-state index contributed by atoms with van der Waals surface area (Å²) < 4.78 is 1.84. The van der Waals surface area contributed by atoms with Crippen molar-refractivity contribution >= 4 is 17.9 Å². The van der Waals surface area contributed by atoms with E-state index in [0.717, 1.165) is 12.3 Å². The zero-order chi connectivity index (χ0) is 9.10. The van der Waals surface area contributed by atoms with Crippen LogP contribution in [0.15, 0.2) is 30.3 Å². The molecule has 0 aromatic heterocycles. The molecule has 1 aliphatic heterocycles. The van der Waals surface area contributed by atoms with Gasteiger partial charge in [0.25, 0.3) is 0 Å². The van der Waals surface area contributed by atoms with Crippen LogP contribution in [0.3, 0.4) is 0 Å². The minimum atomic E-state index is 0.258. The minimum absolute atomic E-state index is 0.258. The molecule has 1 aromatic carbocycles. The van der Waals surface area contributed by atoms with E-state index in [-0.39, 0.29) is 5.91 Å². The number of hydrogen-bond acceptors (Lipinski definition) is 2. The number of benzene rings is 1. The second-order valence-electron chi connectivity index (χ2n) is 3.00. The highest BCUT2D eigenvalue weighted by molar-refractivity contribution is 7.97. The summed E-state index contributed by atoms with van der Waals surface area (Å²) >= 11 is 1.63. The summed E-state index contributed by atoms with van der Waals surface area (Å²) in [6.45, 7) is 0.740. The topological polar surface area (TPSA) is 20.3 Å². The van der Waals surface area contributed by atoms with Crippen molar-refractivity contribution in [2.75, 3.05) is 5.75 Å². The fourth-order valence-corrected chi connectivity index (χ4v) is 2.28. The zero-order valence-corrected chi connectivity index (χ0v) is 8.09. The molecule has 0 aliphatic carbocycles. The van der Waals surface area contributed by atoms with E-state index in [9.17, 15) is 4.79 Å². The Balaban J connectivity index is 2.02. The van der Waals surface area contributed by atoms with E-state index in [2.05, 4.69) is 0 Å². The van der Waals surface area contributed by atoms with Crippen LogP contribution in [0.5, 0.6) is 0 Å². The van der Waals surface area contributed by atoms with Crippen molar-refractivity contribution in [1.82, 2.24) is 4.31 Å². The fraction of sp³-hybridized carbons (Fsp3) is 0.300. The quantitative estimate of drug-likeness (QED) is 0.670. The first-order valence-corrected chi connectivity index (χ1v) is 5.28. The Morgan fingerprint density at radius 3 is 2.69 bits per heavy atom. The largest absolute Gasteiger partial charge is 0.282 e. The van der Waals surface area contributed by atoms with Gasteiger partial charge in [0.2, 0.25) is 5.91 Å². The van der Waals surface area contributed by atoms with E-state index in [4.69, 9.17) is 0 Å². The first-order valence-electron chi connectivity index (χ1n) is 4.33. The Hall–Kier alpha value is -0.960. The lowest BCUT2D eigenvalue weighted by molar-refractivity contribution is -0.125. The van der Waals surface area contributed by atoms with Gasteiger partial charge in [0.05, 0.1) is 6.54 Å². The van der Waals surface area contributed by atoms with Gasteiger partial charge in [-0.25, -0.2) is 0 Å². The lowest BCUT2D eigenvalue weighted by Crippen LogP contribution is -2.17. The number of carbonyl (C=O) groups excluding carboxylic acids is 1. The highest BCUT2D eigenvalue weighted by Gasteiger charge is 2.20. The average molecular weight is 193 g/mol. The van der Waals surface area contributed by atoms with Gasteiger partial charge in [-0.3, -0.25) is 9.10 Å². The molecule has 0 saturated carbocycles. The molecule has 2 rings (SSSR count). The maximum absolute atomic E-state index is 11.3. The molecule has 3 heteroatoms. The van der Waals surface area contributed by atoms with Gasteiger partial charge in [-0.2, -0.15) is 0 Å². The summed E-state index contributed by atoms with van der Waals surface area (Å²) in [6, 6.07) is 10.1. The molecule has 2 nitrogen and oxygen atoms in total. The van der Waals surface area contributed by atoms with Crippen LogP contribution >= 0.6 is 11.9 Å². The molecular formula is C10H11NOS. The third-order valence-corrected chi connectivity index (χ3v) is 3.04. The Bertz CT molecular complexity index is 299. The molecule has 0 unspecified atom stereocenters. The van der Waals surface area contributed by atoms with Crippen LogP contribution in [0.2, 0.25) is 0 Å². The Kier molecular flexibility index (Phi) is 2.54. The first-order chi connectivity index (χ1) is 6.36. The van der Waals surface area contributed by atoms with Crippen molar-refractivity contribution in [3.63, 3.8) is 0 Å². The summed E-state index contributed by atoms with van der Waals surface area (Å²) in [4.78, 5) is 11.3. The second-order valence-corrected chi connectivity index (χ2v) is 4.11. The van der Waals surface area contributed by atoms with Crippen LogP contribution in [0.25, 0.3) is 0 Å². The lowest BCUT2D eigenvalue weighted by atomic mass is 10.2. The number of hydrogen-bond donors (Lipinski definition) is 0. The van der Waals surface area contributed by atoms with E-state index < -0.39 is 0 Å². The second kappa shape index (κ2) is 3.83. The predicted molar refractivity (Wildman–Crippen MR) is 54.1 cm³/mol. The van der Waals surface area contributed by atoms with Crippen molar-refractivity contribution in [2.45, 2.75) is 13.0 Å². The summed E-state index contributed by atoms with van der Waals surface area (Å²) in [5.41, 5.74) is 1.20. The molecule has 0 radical (unpaired) electrons. The molecule has 1 aromatic rings. The maximum Gasteiger partial charge on any atom is 0.233 e. The fourth-order valence-electron chi connectivity index (χ4n) is 1.32. The molecule has 1 saturated heterocycles. The normalized spacial score (nSPS) is 16.6. The number of nitrogens with zero attached hydrogens (tertiary/aromatic N) is 1. The van der Waals surface area contributed by atoms with E-state index in [1.807, 2.05) is 34.6 Å². The van der Waals surface area contributed by atoms with E-state index in [0.29, 0.717) is 6.42 Å². The van der Waals surface area contributed by atoms with Crippen LogP contribution < -0.4 is 0 Å². The van der Waals surface area contributed by atoms with Crippen molar-refractivity contribution in [3.05, 3.63) is 35.9 Å². The summed E-state index contributed by atoms with van der Waals surface area (Å²) in [5.74, 6) is 1.19. The van der Waals surface area contributed by atoms with Crippen LogP contribution in [-0.2, 0) is 11.3 Å². The van der Waals surface area contributed by atoms with E-state index in [1.54, 1.807) is 11.9 Å². The van der Waals surface area contributed by atoms with Crippen LogP contribution in [-0.4, -0.2) is 16.0 Å². The van der Waals surface area contributed by atoms with Gasteiger partial charge in [0.15, 0.2) is 0 Å². The number of amides is 1. The van der Waals surface area contributed by atoms with Crippen LogP contribution in [0.1, 0.15) is 12.0 Å². The van der Waals surface area contributed by atoms with Crippen molar-refractivity contribution in [2.24, 2.45) is 0 Å². The van der Waals surface area contributed by atoms with Gasteiger partial charge >= 0.3 is 0 Å². The average Bonchev–Trinajstić information content (AvgIpc) is 2.54. The molecule has 0 spiro atoms. The van der Waals surface area contributed by atoms with Crippen molar-refractivity contribution in [3.8, 4) is 0 Å². The van der Waals surface area contributed by atoms with Crippen molar-refractivity contribution in [1.29, 1.82) is 0 Å². The maximum atomic E-state index is 11.3. The molecule has 1 fully saturated rings. The summed E-state index contributed by atoms with van der Waals surface area (Å²) in [5, 5.41) is 0. The van der Waals surface area contributed by atoms with Gasteiger partial charge in [-0.1, -0.05) is 30.3 Å². The van der Waals surface area contributed by atoms with Gasteiger partial charge in [0.1, 0.15) is 0 Å². The number of rotatable bonds is 2. The molecule has 0 atom stereocenters. The molecule has 13 heavy (non-hydrogen) atoms. The smallest absolute Gasteiger partial charge is 0.233 e. The Morgan fingerprint density at radius 2 is 2.08 bits per heavy atom. The van der Waals surface area contributed by atoms with Crippen molar-refractivity contribution < 1.29 is 4.79 Å². The Morgan fingerprint density at radius 1 is 1.31 bits per heavy atom. The monoisotopic (exact) mass is 193 g/mol. The van der Waals surface area contributed by atoms with Crippen LogP contribution in [0.4, 0.5) is 0 Å². The molecule has 0 bridgehead atoms. The standard InChI is InChI=1S/C10H11NOS/c12-10-6-7-13-11(10)8-9-4-2-1-3-5-9/h1-5H,6-8H2. The van der Waals surface area contributed by atoms with Gasteiger partial charge in [0, 0.05) is 12.2 Å². The molecular weight excluding hydrogens is 182 g/mol. The minimum Gasteiger partial charge on any atom is -0.282 e. The predicted octanol–water partition coefficient (Wildman–Crippen LogP) is 2.07. The third kappa shape index (κ3) is 2.04. The first kappa shape index (κ1) is 8.63. The van der Waals surface area contributed by atoms with Gasteiger partial charge < -0.3 is 0 Å². The summed E-state index contributed by atoms with van der Waals surface area (Å²) in [7, 11) is 0. The Labute approximate surface area is 82.1 Å². The lowest BCUT2D eigenvalue weighted by Gasteiger charge is -2.13. The molecule has 0 N–H and O–H groups in total. The van der Waals surface area contributed by atoms with Gasteiger partial charge in [-0.05, 0) is 17.5 Å². The molecule has 1 heterocycles. The summed E-state index contributed by atoms with van der Waals surface area (Å²) in [6.07, 6.45) is 0.692. The van der Waals surface area contributed by atoms with E-state index in [1.165, 1.54) is 5.56 Å². The number of carbonyl (C=O) groups is 1. The third-order valence-electron chi connectivity index (χ3n) is 2.01. The molecule has 1 aliphatic rings. The zero-order valence-electron chi connectivity index (χ0n) is 7.27. The van der Waals surface area contributed by atoms with E-state index >= 15 is 0 Å². The van der Waals surface area contributed by atoms with Crippen LogP contribution in [0, 0.1) is 0 Å². The highest BCUT2D eigenvalue weighted by Crippen LogP contribution is 2.23. The molecule has 68 valence electrons. The molecule has 1 amide bonds. The SMILES string of the molecule is O=C1CCSN1Cc1ccccc1. The highest BCUT2D eigenvalue weighted by atomic mass is 32.2. The van der Waals surface area contributed by atoms with Gasteiger partial charge in [-0.15, -0.1) is 0 Å².